The Hall–Kier alpha value is -1.71. The highest BCUT2D eigenvalue weighted by atomic mass is 32.2. The first-order valence-electron chi connectivity index (χ1n) is 10.8. The molecule has 0 amide bonds. The van der Waals surface area contributed by atoms with E-state index in [0.29, 0.717) is 24.8 Å². The topological polar surface area (TPSA) is 102 Å². The van der Waals surface area contributed by atoms with E-state index in [1.165, 1.54) is 24.3 Å². The number of carboxylic acid groups (broad SMARTS) is 1. The molecule has 2 aliphatic carbocycles. The summed E-state index contributed by atoms with van der Waals surface area (Å²) in [5, 5.41) is 13.3. The second kappa shape index (κ2) is 8.67. The fourth-order valence-corrected chi connectivity index (χ4v) is 6.47. The third-order valence-electron chi connectivity index (χ3n) is 6.52. The second-order valence-corrected chi connectivity index (χ2v) is 17.0. The van der Waals surface area contributed by atoms with Gasteiger partial charge in [-0.05, 0) is 55.9 Å². The van der Waals surface area contributed by atoms with Crippen LogP contribution >= 0.6 is 0 Å². The van der Waals surface area contributed by atoms with E-state index in [2.05, 4.69) is 39.0 Å². The monoisotopic (exact) mass is 467 g/mol. The van der Waals surface area contributed by atoms with Gasteiger partial charge in [-0.1, -0.05) is 38.1 Å². The van der Waals surface area contributed by atoms with Gasteiger partial charge >= 0.3 is 5.97 Å². The van der Waals surface area contributed by atoms with Crippen LogP contribution in [-0.4, -0.2) is 51.0 Å². The van der Waals surface area contributed by atoms with E-state index in [1.807, 2.05) is 0 Å². The number of carbonyl (C=O) groups is 1. The zero-order valence-corrected chi connectivity index (χ0v) is 20.7. The van der Waals surface area contributed by atoms with Crippen molar-refractivity contribution in [3.05, 3.63) is 29.8 Å². The van der Waals surface area contributed by atoms with Crippen LogP contribution in [0.25, 0.3) is 0 Å². The normalized spacial score (nSPS) is 23.1. The molecule has 2 fully saturated rings. The van der Waals surface area contributed by atoms with E-state index in [4.69, 9.17) is 9.26 Å². The predicted molar refractivity (Wildman–Crippen MR) is 122 cm³/mol. The minimum atomic E-state index is -3.31. The molecule has 0 bridgehead atoms. The Kier molecular flexibility index (Phi) is 6.70. The Labute approximate surface area is 185 Å². The molecule has 0 aromatic heterocycles. The first kappa shape index (κ1) is 23.9. The Balaban J connectivity index is 1.65. The molecule has 0 unspecified atom stereocenters. The molecule has 172 valence electrons. The van der Waals surface area contributed by atoms with E-state index in [-0.39, 0.29) is 33.1 Å². The van der Waals surface area contributed by atoms with E-state index in [1.54, 1.807) is 0 Å². The van der Waals surface area contributed by atoms with Crippen molar-refractivity contribution in [1.82, 2.24) is 0 Å². The largest absolute Gasteiger partial charge is 0.476 e. The Bertz CT molecular complexity index is 945. The van der Waals surface area contributed by atoms with Crippen molar-refractivity contribution in [3.8, 4) is 0 Å². The van der Waals surface area contributed by atoms with E-state index in [9.17, 15) is 18.3 Å². The van der Waals surface area contributed by atoms with Gasteiger partial charge in [-0.2, -0.15) is 0 Å². The van der Waals surface area contributed by atoms with Gasteiger partial charge in [0.15, 0.2) is 23.9 Å². The maximum Gasteiger partial charge on any atom is 0.358 e. The molecular weight excluding hydrogens is 434 g/mol. The zero-order chi connectivity index (χ0) is 23.0. The Morgan fingerprint density at radius 2 is 1.65 bits per heavy atom. The van der Waals surface area contributed by atoms with Crippen molar-refractivity contribution in [2.45, 2.75) is 93.4 Å². The van der Waals surface area contributed by atoms with Crippen molar-refractivity contribution in [1.29, 1.82) is 0 Å². The lowest BCUT2D eigenvalue weighted by molar-refractivity contribution is -0.129. The number of hydrogen-bond donors (Lipinski definition) is 1. The fourth-order valence-electron chi connectivity index (χ4n) is 3.41. The molecule has 2 atom stereocenters. The van der Waals surface area contributed by atoms with Crippen molar-refractivity contribution in [2.75, 3.05) is 0 Å². The average Bonchev–Trinajstić information content (AvgIpc) is 3.43. The lowest BCUT2D eigenvalue weighted by Crippen LogP contribution is -2.43. The SMILES string of the molecule is CC(C)(C)[Si](C)(C)O[C@@H]1CC[C@@H](ON=C(C(=O)O)c2ccc(S(=O)(=O)C3CC3)cc2)C1. The number of aliphatic carboxylic acids is 1. The molecule has 0 saturated heterocycles. The highest BCUT2D eigenvalue weighted by Crippen LogP contribution is 2.40. The highest BCUT2D eigenvalue weighted by molar-refractivity contribution is 7.92. The van der Waals surface area contributed by atoms with Gasteiger partial charge in [0.1, 0.15) is 6.10 Å². The molecule has 3 rings (SSSR count). The van der Waals surface area contributed by atoms with E-state index in [0.717, 1.165) is 12.8 Å². The standard InChI is InChI=1S/C22H33NO6SSi/c1-22(2,3)31(4,5)29-17-9-8-16(14-17)28-23-20(21(24)25)15-6-10-18(11-7-15)30(26,27)19-12-13-19/h6-7,10-11,16-17,19H,8-9,12-14H2,1-5H3,(H,24,25)/t16-,17-/m1/s1. The molecule has 2 aliphatic rings. The second-order valence-electron chi connectivity index (χ2n) is 10.1. The lowest BCUT2D eigenvalue weighted by atomic mass is 10.1. The summed E-state index contributed by atoms with van der Waals surface area (Å²) < 4.78 is 31.1. The summed E-state index contributed by atoms with van der Waals surface area (Å²) >= 11 is 0. The third-order valence-corrected chi connectivity index (χ3v) is 13.3. The van der Waals surface area contributed by atoms with Crippen molar-refractivity contribution in [3.63, 3.8) is 0 Å². The minimum Gasteiger partial charge on any atom is -0.476 e. The number of hydrogen-bond acceptors (Lipinski definition) is 6. The number of carboxylic acids is 1. The van der Waals surface area contributed by atoms with Crippen LogP contribution in [0.1, 0.15) is 58.4 Å². The van der Waals surface area contributed by atoms with Gasteiger partial charge < -0.3 is 14.4 Å². The van der Waals surface area contributed by atoms with E-state index >= 15 is 0 Å². The van der Waals surface area contributed by atoms with Crippen LogP contribution in [0.15, 0.2) is 34.3 Å². The number of sulfone groups is 1. The summed E-state index contributed by atoms with van der Waals surface area (Å²) in [6.45, 7) is 11.0. The molecule has 7 nitrogen and oxygen atoms in total. The number of rotatable bonds is 8. The summed E-state index contributed by atoms with van der Waals surface area (Å²) in [6.07, 6.45) is 3.57. The maximum absolute atomic E-state index is 12.3. The molecule has 0 aliphatic heterocycles. The van der Waals surface area contributed by atoms with Gasteiger partial charge in [0.25, 0.3) is 0 Å². The first-order valence-corrected chi connectivity index (χ1v) is 15.3. The summed E-state index contributed by atoms with van der Waals surface area (Å²) in [4.78, 5) is 17.5. The highest BCUT2D eigenvalue weighted by Gasteiger charge is 2.41. The summed E-state index contributed by atoms with van der Waals surface area (Å²) in [7, 11) is -5.19. The van der Waals surface area contributed by atoms with Crippen LogP contribution in [0.3, 0.4) is 0 Å². The number of nitrogens with zero attached hydrogens (tertiary/aromatic N) is 1. The molecule has 31 heavy (non-hydrogen) atoms. The summed E-state index contributed by atoms with van der Waals surface area (Å²) in [6, 6.07) is 5.84. The van der Waals surface area contributed by atoms with Crippen LogP contribution in [0.5, 0.6) is 0 Å². The zero-order valence-electron chi connectivity index (χ0n) is 18.9. The van der Waals surface area contributed by atoms with Crippen LogP contribution in [0, 0.1) is 0 Å². The molecule has 0 spiro atoms. The van der Waals surface area contributed by atoms with Crippen LogP contribution in [0.2, 0.25) is 18.1 Å². The van der Waals surface area contributed by atoms with Gasteiger partial charge in [-0.3, -0.25) is 0 Å². The van der Waals surface area contributed by atoms with Gasteiger partial charge in [0, 0.05) is 18.1 Å². The summed E-state index contributed by atoms with van der Waals surface area (Å²) in [5.41, 5.74) is 0.0819. The maximum atomic E-state index is 12.3. The Morgan fingerprint density at radius 1 is 1.06 bits per heavy atom. The number of benzene rings is 1. The first-order chi connectivity index (χ1) is 14.3. The fraction of sp³-hybridized carbons (Fsp3) is 0.636. The van der Waals surface area contributed by atoms with Crippen molar-refractivity contribution in [2.24, 2.45) is 5.16 Å². The molecular formula is C22H33NO6SSi. The molecule has 0 radical (unpaired) electrons. The number of oxime groups is 1. The summed E-state index contributed by atoms with van der Waals surface area (Å²) in [5.74, 6) is -1.22. The molecule has 0 heterocycles. The predicted octanol–water partition coefficient (Wildman–Crippen LogP) is 4.37. The Morgan fingerprint density at radius 3 is 2.16 bits per heavy atom. The molecule has 1 N–H and O–H groups in total. The smallest absolute Gasteiger partial charge is 0.358 e. The van der Waals surface area contributed by atoms with Crippen LogP contribution in [0.4, 0.5) is 0 Å². The van der Waals surface area contributed by atoms with Gasteiger partial charge in [-0.15, -0.1) is 0 Å². The van der Waals surface area contributed by atoms with Crippen molar-refractivity contribution < 1.29 is 27.6 Å². The average molecular weight is 468 g/mol. The quantitative estimate of drug-likeness (QED) is 0.346. The lowest BCUT2D eigenvalue weighted by Gasteiger charge is -2.38. The van der Waals surface area contributed by atoms with Gasteiger partial charge in [0.05, 0.1) is 10.1 Å². The van der Waals surface area contributed by atoms with Crippen molar-refractivity contribution >= 4 is 29.8 Å². The van der Waals surface area contributed by atoms with Crippen LogP contribution in [-0.2, 0) is 23.9 Å². The van der Waals surface area contributed by atoms with Crippen LogP contribution < -0.4 is 0 Å². The van der Waals surface area contributed by atoms with Gasteiger partial charge in [0.2, 0.25) is 0 Å². The molecule has 1 aromatic carbocycles. The molecule has 2 saturated carbocycles. The van der Waals surface area contributed by atoms with Gasteiger partial charge in [-0.25, -0.2) is 13.2 Å². The van der Waals surface area contributed by atoms with E-state index < -0.39 is 24.1 Å². The minimum absolute atomic E-state index is 0.0984. The molecule has 1 aromatic rings. The third kappa shape index (κ3) is 5.56. The molecule has 9 heteroatoms.